The molecular formula is C13H18F2N2O3S. The molecule has 0 radical (unpaired) electrons. The summed E-state index contributed by atoms with van der Waals surface area (Å²) in [6.07, 6.45) is 2.47. The lowest BCUT2D eigenvalue weighted by molar-refractivity contribution is 0.00856. The molecule has 5 nitrogen and oxygen atoms in total. The minimum atomic E-state index is -4.08. The fourth-order valence-corrected chi connectivity index (χ4v) is 3.53. The van der Waals surface area contributed by atoms with Crippen molar-refractivity contribution in [2.45, 2.75) is 30.3 Å². The molecule has 1 heterocycles. The molecule has 8 heteroatoms. The molecule has 21 heavy (non-hydrogen) atoms. The monoisotopic (exact) mass is 320 g/mol. The summed E-state index contributed by atoms with van der Waals surface area (Å²) in [6, 6.07) is 1.28. The molecule has 0 amide bonds. The van der Waals surface area contributed by atoms with Crippen molar-refractivity contribution in [2.24, 2.45) is 0 Å². The Balaban J connectivity index is 2.22. The van der Waals surface area contributed by atoms with Crippen LogP contribution in [0, 0.1) is 11.6 Å². The van der Waals surface area contributed by atoms with E-state index in [1.165, 1.54) is 7.05 Å². The molecule has 1 aliphatic rings. The van der Waals surface area contributed by atoms with Crippen molar-refractivity contribution in [3.05, 3.63) is 23.8 Å². The Bertz CT molecular complexity index is 616. The van der Waals surface area contributed by atoms with Gasteiger partial charge in [-0.1, -0.05) is 0 Å². The fourth-order valence-electron chi connectivity index (χ4n) is 2.25. The highest BCUT2D eigenvalue weighted by molar-refractivity contribution is 7.89. The van der Waals surface area contributed by atoms with Crippen molar-refractivity contribution in [3.63, 3.8) is 0 Å². The minimum Gasteiger partial charge on any atom is -0.396 e. The van der Waals surface area contributed by atoms with Gasteiger partial charge in [-0.15, -0.1) is 0 Å². The third-order valence-corrected chi connectivity index (χ3v) is 5.31. The SMILES string of the molecule is CN(CC1CCCCO1)S(=O)(=O)c1cc(N)c(F)cc1F. The molecule has 0 spiro atoms. The van der Waals surface area contributed by atoms with Crippen LogP contribution in [0.4, 0.5) is 14.5 Å². The summed E-state index contributed by atoms with van der Waals surface area (Å²) < 4.78 is 58.0. The van der Waals surface area contributed by atoms with Crippen LogP contribution in [-0.2, 0) is 14.8 Å². The molecule has 1 atom stereocenters. The van der Waals surface area contributed by atoms with Gasteiger partial charge >= 0.3 is 0 Å². The van der Waals surface area contributed by atoms with Crippen LogP contribution >= 0.6 is 0 Å². The quantitative estimate of drug-likeness (QED) is 0.858. The molecule has 1 saturated heterocycles. The maximum Gasteiger partial charge on any atom is 0.245 e. The van der Waals surface area contributed by atoms with Gasteiger partial charge in [-0.25, -0.2) is 17.2 Å². The Morgan fingerprint density at radius 1 is 1.33 bits per heavy atom. The largest absolute Gasteiger partial charge is 0.396 e. The van der Waals surface area contributed by atoms with Crippen LogP contribution in [0.15, 0.2) is 17.0 Å². The molecule has 1 aliphatic heterocycles. The van der Waals surface area contributed by atoms with E-state index < -0.39 is 32.2 Å². The number of ether oxygens (including phenoxy) is 1. The smallest absolute Gasteiger partial charge is 0.245 e. The van der Waals surface area contributed by atoms with Gasteiger partial charge in [0.25, 0.3) is 0 Å². The highest BCUT2D eigenvalue weighted by Gasteiger charge is 2.28. The van der Waals surface area contributed by atoms with E-state index >= 15 is 0 Å². The Labute approximate surface area is 122 Å². The topological polar surface area (TPSA) is 72.6 Å². The van der Waals surface area contributed by atoms with Crippen molar-refractivity contribution in [1.82, 2.24) is 4.31 Å². The number of likely N-dealkylation sites (N-methyl/N-ethyl adjacent to an activating group) is 1. The predicted octanol–water partition coefficient (Wildman–Crippen LogP) is 1.74. The number of rotatable bonds is 4. The average Bonchev–Trinajstić information content (AvgIpc) is 2.43. The number of hydrogen-bond donors (Lipinski definition) is 1. The van der Waals surface area contributed by atoms with Crippen LogP contribution in [0.25, 0.3) is 0 Å². The van der Waals surface area contributed by atoms with Crippen molar-refractivity contribution < 1.29 is 21.9 Å². The second-order valence-electron chi connectivity index (χ2n) is 5.08. The first kappa shape index (κ1) is 16.1. The van der Waals surface area contributed by atoms with Crippen LogP contribution in [0.3, 0.4) is 0 Å². The summed E-state index contributed by atoms with van der Waals surface area (Å²) in [4.78, 5) is -0.625. The zero-order chi connectivity index (χ0) is 15.6. The van der Waals surface area contributed by atoms with E-state index in [9.17, 15) is 17.2 Å². The molecule has 0 aromatic heterocycles. The lowest BCUT2D eigenvalue weighted by Gasteiger charge is -2.27. The maximum absolute atomic E-state index is 13.7. The number of sulfonamides is 1. The number of nitrogen functional groups attached to an aromatic ring is 1. The molecule has 1 aromatic rings. The van der Waals surface area contributed by atoms with Crippen molar-refractivity contribution >= 4 is 15.7 Å². The molecule has 1 aromatic carbocycles. The van der Waals surface area contributed by atoms with E-state index in [4.69, 9.17) is 10.5 Å². The zero-order valence-corrected chi connectivity index (χ0v) is 12.5. The summed E-state index contributed by atoms with van der Waals surface area (Å²) in [5.74, 6) is -2.14. The van der Waals surface area contributed by atoms with Gasteiger partial charge in [0, 0.05) is 26.3 Å². The van der Waals surface area contributed by atoms with Crippen LogP contribution in [0.2, 0.25) is 0 Å². The second kappa shape index (κ2) is 6.25. The Morgan fingerprint density at radius 3 is 2.67 bits per heavy atom. The maximum atomic E-state index is 13.7. The number of nitrogens with zero attached hydrogens (tertiary/aromatic N) is 1. The van der Waals surface area contributed by atoms with Gasteiger partial charge in [0.1, 0.15) is 16.5 Å². The number of halogens is 2. The number of hydrogen-bond acceptors (Lipinski definition) is 4. The third-order valence-electron chi connectivity index (χ3n) is 3.47. The molecule has 1 fully saturated rings. The molecule has 118 valence electrons. The summed E-state index contributed by atoms with van der Waals surface area (Å²) in [6.45, 7) is 0.718. The van der Waals surface area contributed by atoms with Gasteiger partial charge in [-0.05, 0) is 25.3 Å². The van der Waals surface area contributed by atoms with Crippen LogP contribution in [0.1, 0.15) is 19.3 Å². The van der Waals surface area contributed by atoms with Gasteiger partial charge in [0.2, 0.25) is 10.0 Å². The van der Waals surface area contributed by atoms with Crippen molar-refractivity contribution in [1.29, 1.82) is 0 Å². The lowest BCUT2D eigenvalue weighted by atomic mass is 10.1. The Kier molecular flexibility index (Phi) is 4.80. The summed E-state index contributed by atoms with van der Waals surface area (Å²) in [5.41, 5.74) is 4.92. The number of benzene rings is 1. The van der Waals surface area contributed by atoms with E-state index in [0.717, 1.165) is 29.6 Å². The van der Waals surface area contributed by atoms with Gasteiger partial charge in [0.15, 0.2) is 0 Å². The van der Waals surface area contributed by atoms with Gasteiger partial charge in [-0.2, -0.15) is 4.31 Å². The molecule has 2 N–H and O–H groups in total. The van der Waals surface area contributed by atoms with Gasteiger partial charge in [0.05, 0.1) is 11.8 Å². The summed E-state index contributed by atoms with van der Waals surface area (Å²) >= 11 is 0. The lowest BCUT2D eigenvalue weighted by Crippen LogP contribution is -2.37. The van der Waals surface area contributed by atoms with Crippen LogP contribution < -0.4 is 5.73 Å². The van der Waals surface area contributed by atoms with E-state index in [2.05, 4.69) is 0 Å². The molecular weight excluding hydrogens is 302 g/mol. The zero-order valence-electron chi connectivity index (χ0n) is 11.7. The first-order valence-electron chi connectivity index (χ1n) is 6.65. The molecule has 0 bridgehead atoms. The van der Waals surface area contributed by atoms with Crippen LogP contribution in [-0.4, -0.2) is 39.0 Å². The molecule has 2 rings (SSSR count). The van der Waals surface area contributed by atoms with Crippen molar-refractivity contribution in [2.75, 3.05) is 25.9 Å². The van der Waals surface area contributed by atoms with Crippen molar-refractivity contribution in [3.8, 4) is 0 Å². The van der Waals surface area contributed by atoms with E-state index in [1.54, 1.807) is 0 Å². The van der Waals surface area contributed by atoms with E-state index in [1.807, 2.05) is 0 Å². The fraction of sp³-hybridized carbons (Fsp3) is 0.538. The predicted molar refractivity (Wildman–Crippen MR) is 74.2 cm³/mol. The number of anilines is 1. The number of nitrogens with two attached hydrogens (primary N) is 1. The standard InChI is InChI=1S/C13H18F2N2O3S/c1-17(8-9-4-2-3-5-20-9)21(18,19)13-7-12(16)10(14)6-11(13)15/h6-7,9H,2-5,8,16H2,1H3. The third kappa shape index (κ3) is 3.50. The van der Waals surface area contributed by atoms with E-state index in [-0.39, 0.29) is 12.6 Å². The highest BCUT2D eigenvalue weighted by Crippen LogP contribution is 2.24. The summed E-state index contributed by atoms with van der Waals surface area (Å²) in [5, 5.41) is 0. The minimum absolute atomic E-state index is 0.124. The average molecular weight is 320 g/mol. The van der Waals surface area contributed by atoms with E-state index in [0.29, 0.717) is 12.7 Å². The first-order chi connectivity index (χ1) is 9.82. The van der Waals surface area contributed by atoms with Crippen LogP contribution in [0.5, 0.6) is 0 Å². The summed E-state index contributed by atoms with van der Waals surface area (Å²) in [7, 11) is -2.74. The van der Waals surface area contributed by atoms with Gasteiger partial charge in [-0.3, -0.25) is 0 Å². The molecule has 0 saturated carbocycles. The second-order valence-corrected chi connectivity index (χ2v) is 7.09. The Morgan fingerprint density at radius 2 is 2.05 bits per heavy atom. The normalized spacial score (nSPS) is 19.9. The Hall–Kier alpha value is -1.25. The molecule has 0 aliphatic carbocycles. The van der Waals surface area contributed by atoms with Gasteiger partial charge < -0.3 is 10.5 Å². The first-order valence-corrected chi connectivity index (χ1v) is 8.09. The molecule has 1 unspecified atom stereocenters. The highest BCUT2D eigenvalue weighted by atomic mass is 32.2.